The van der Waals surface area contributed by atoms with Gasteiger partial charge in [0.05, 0.1) is 0 Å². The van der Waals surface area contributed by atoms with E-state index in [9.17, 15) is 0 Å². The van der Waals surface area contributed by atoms with E-state index in [1.165, 1.54) is 111 Å². The molecule has 4 atom stereocenters. The monoisotopic (exact) mass is 599 g/mol. The highest BCUT2D eigenvalue weighted by atomic mass is 33.1. The second-order valence-electron chi connectivity index (χ2n) is 13.7. The van der Waals surface area contributed by atoms with E-state index in [0.29, 0.717) is 24.2 Å². The largest absolute Gasteiger partial charge is 0.308 e. The van der Waals surface area contributed by atoms with Gasteiger partial charge in [-0.25, -0.2) is 4.31 Å². The first-order chi connectivity index (χ1) is 19.2. The van der Waals surface area contributed by atoms with E-state index in [2.05, 4.69) is 94.1 Å². The molecule has 0 spiro atoms. The summed E-state index contributed by atoms with van der Waals surface area (Å²) in [4.78, 5) is 16.0. The van der Waals surface area contributed by atoms with E-state index in [0.717, 1.165) is 19.0 Å². The average molecular weight is 600 g/mol. The summed E-state index contributed by atoms with van der Waals surface area (Å²) in [6.45, 7) is 29.1. The predicted molar refractivity (Wildman–Crippen MR) is 180 cm³/mol. The molecule has 40 heavy (non-hydrogen) atoms. The van der Waals surface area contributed by atoms with Gasteiger partial charge in [0.2, 0.25) is 0 Å². The Morgan fingerprint density at radius 1 is 0.825 bits per heavy atom. The smallest absolute Gasteiger partial charge is 0.0254 e. The van der Waals surface area contributed by atoms with Crippen molar-refractivity contribution in [1.82, 2.24) is 33.7 Å². The molecule has 0 amide bonds. The summed E-state index contributed by atoms with van der Waals surface area (Å²) in [5.41, 5.74) is 0. The van der Waals surface area contributed by atoms with Crippen LogP contribution in [0.15, 0.2) is 0 Å². The molecule has 3 saturated heterocycles. The van der Waals surface area contributed by atoms with Crippen LogP contribution in [0.3, 0.4) is 0 Å². The highest BCUT2D eigenvalue weighted by Gasteiger charge is 2.33. The fourth-order valence-electron chi connectivity index (χ4n) is 7.25. The van der Waals surface area contributed by atoms with Crippen LogP contribution in [0.25, 0.3) is 0 Å². The molecule has 3 rings (SSSR count). The Morgan fingerprint density at radius 3 is 2.08 bits per heavy atom. The predicted octanol–water partition coefficient (Wildman–Crippen LogP) is 4.03. The average Bonchev–Trinajstić information content (AvgIpc) is 2.94. The molecule has 0 saturated carbocycles. The zero-order chi connectivity index (χ0) is 29.1. The summed E-state index contributed by atoms with van der Waals surface area (Å²) in [5.74, 6) is 0.733. The normalized spacial score (nSPS) is 26.1. The molecule has 236 valence electrons. The summed E-state index contributed by atoms with van der Waals surface area (Å²) in [6, 6.07) is 2.75. The molecule has 0 N–H and O–H groups in total. The van der Waals surface area contributed by atoms with Crippen LogP contribution in [0.5, 0.6) is 0 Å². The zero-order valence-corrected chi connectivity index (χ0v) is 29.0. The van der Waals surface area contributed by atoms with Crippen molar-refractivity contribution in [3.63, 3.8) is 0 Å². The van der Waals surface area contributed by atoms with Gasteiger partial charge >= 0.3 is 0 Å². The summed E-state index contributed by atoms with van der Waals surface area (Å²) < 4.78 is 2.49. The minimum atomic E-state index is 0.651. The van der Waals surface area contributed by atoms with E-state index in [-0.39, 0.29) is 0 Å². The molecule has 3 heterocycles. The van der Waals surface area contributed by atoms with Crippen molar-refractivity contribution < 1.29 is 0 Å². The molecule has 3 aliphatic rings. The van der Waals surface area contributed by atoms with Gasteiger partial charge in [-0.05, 0) is 77.4 Å². The first kappa shape index (κ1) is 34.9. The SMILES string of the molecule is CCC(CCCC(C)N1CCN(CCN(C)C)CC1)N1CCN(SS)CC1CC(C)CN1CCN(C(C)C)CC1. The number of hydrogen-bond donors (Lipinski definition) is 1. The van der Waals surface area contributed by atoms with Crippen LogP contribution in [0, 0.1) is 5.92 Å². The van der Waals surface area contributed by atoms with E-state index in [1.807, 2.05) is 0 Å². The maximum Gasteiger partial charge on any atom is 0.0254 e. The summed E-state index contributed by atoms with van der Waals surface area (Å²) in [6.07, 6.45) is 6.61. The molecule has 0 radical (unpaired) electrons. The Bertz CT molecular complexity index is 668. The fraction of sp³-hybridized carbons (Fsp3) is 1.00. The fourth-order valence-corrected chi connectivity index (χ4v) is 8.10. The van der Waals surface area contributed by atoms with Crippen LogP contribution in [-0.4, -0.2) is 164 Å². The minimum absolute atomic E-state index is 0.651. The summed E-state index contributed by atoms with van der Waals surface area (Å²) in [5, 5.41) is 0. The van der Waals surface area contributed by atoms with E-state index < -0.39 is 0 Å². The molecule has 0 aliphatic carbocycles. The third-order valence-electron chi connectivity index (χ3n) is 9.98. The second kappa shape index (κ2) is 18.3. The molecular formula is C31H65N7S2. The van der Waals surface area contributed by atoms with Crippen molar-refractivity contribution in [2.24, 2.45) is 5.92 Å². The number of piperazine rings is 3. The third-order valence-corrected chi connectivity index (χ3v) is 11.2. The number of rotatable bonds is 16. The minimum Gasteiger partial charge on any atom is -0.308 e. The first-order valence-corrected chi connectivity index (χ1v) is 18.4. The maximum atomic E-state index is 4.59. The van der Waals surface area contributed by atoms with Crippen LogP contribution >= 0.6 is 22.6 Å². The topological polar surface area (TPSA) is 22.7 Å². The van der Waals surface area contributed by atoms with Crippen LogP contribution in [0.2, 0.25) is 0 Å². The molecular weight excluding hydrogens is 535 g/mol. The number of thiol groups is 1. The van der Waals surface area contributed by atoms with Gasteiger partial charge in [-0.15, -0.1) is 0 Å². The van der Waals surface area contributed by atoms with Gasteiger partial charge in [-0.3, -0.25) is 19.6 Å². The summed E-state index contributed by atoms with van der Waals surface area (Å²) in [7, 11) is 6.01. The molecule has 4 unspecified atom stereocenters. The Morgan fingerprint density at radius 2 is 1.48 bits per heavy atom. The lowest BCUT2D eigenvalue weighted by Gasteiger charge is -2.46. The van der Waals surface area contributed by atoms with Gasteiger partial charge in [0, 0.05) is 116 Å². The van der Waals surface area contributed by atoms with Crippen molar-refractivity contribution >= 4 is 22.6 Å². The van der Waals surface area contributed by atoms with Crippen LogP contribution in [0.1, 0.15) is 66.7 Å². The maximum absolute atomic E-state index is 4.59. The Kier molecular flexibility index (Phi) is 16.0. The van der Waals surface area contributed by atoms with Crippen LogP contribution in [0.4, 0.5) is 0 Å². The van der Waals surface area contributed by atoms with Crippen molar-refractivity contribution in [2.75, 3.05) is 106 Å². The molecule has 9 heteroatoms. The van der Waals surface area contributed by atoms with Gasteiger partial charge in [0.15, 0.2) is 0 Å². The van der Waals surface area contributed by atoms with Gasteiger partial charge in [-0.1, -0.05) is 31.9 Å². The van der Waals surface area contributed by atoms with Gasteiger partial charge < -0.3 is 9.80 Å². The standard InChI is InChI=1S/C31H65N7S2/c1-8-30(11-9-10-29(5)36-20-14-33(15-21-36)13-12-32(6)7)38-23-22-37(40-39)26-31(38)24-28(4)25-34-16-18-35(19-17-34)27(2)3/h27-31,39H,8-26H2,1-7H3. The lowest BCUT2D eigenvalue weighted by atomic mass is 9.94. The molecule has 0 aromatic heterocycles. The zero-order valence-electron chi connectivity index (χ0n) is 27.3. The van der Waals surface area contributed by atoms with Crippen molar-refractivity contribution in [3.05, 3.63) is 0 Å². The van der Waals surface area contributed by atoms with Crippen LogP contribution < -0.4 is 0 Å². The van der Waals surface area contributed by atoms with Gasteiger partial charge in [-0.2, -0.15) is 0 Å². The van der Waals surface area contributed by atoms with Crippen molar-refractivity contribution in [1.29, 1.82) is 0 Å². The quantitative estimate of drug-likeness (QED) is 0.161. The second-order valence-corrected chi connectivity index (χ2v) is 14.8. The molecule has 0 aromatic rings. The molecule has 0 bridgehead atoms. The highest BCUT2D eigenvalue weighted by Crippen LogP contribution is 2.28. The molecule has 3 aliphatic heterocycles. The van der Waals surface area contributed by atoms with E-state index in [1.54, 1.807) is 11.0 Å². The number of hydrogen-bond acceptors (Lipinski definition) is 9. The Balaban J connectivity index is 1.44. The van der Waals surface area contributed by atoms with E-state index in [4.69, 9.17) is 0 Å². The lowest BCUT2D eigenvalue weighted by Crippen LogP contribution is -2.55. The first-order valence-electron chi connectivity index (χ1n) is 16.6. The lowest BCUT2D eigenvalue weighted by molar-refractivity contribution is 0.0456. The number of nitrogens with zero attached hydrogens (tertiary/aromatic N) is 7. The number of likely N-dealkylation sites (N-methyl/N-ethyl adjacent to an activating group) is 1. The Labute approximate surface area is 258 Å². The molecule has 0 aromatic carbocycles. The van der Waals surface area contributed by atoms with Gasteiger partial charge in [0.1, 0.15) is 0 Å². The van der Waals surface area contributed by atoms with E-state index >= 15 is 0 Å². The molecule has 7 nitrogen and oxygen atoms in total. The van der Waals surface area contributed by atoms with Crippen LogP contribution in [-0.2, 0) is 0 Å². The highest BCUT2D eigenvalue weighted by molar-refractivity contribution is 8.67. The molecule has 3 fully saturated rings. The van der Waals surface area contributed by atoms with Crippen molar-refractivity contribution in [2.45, 2.75) is 90.9 Å². The summed E-state index contributed by atoms with van der Waals surface area (Å²) >= 11 is 4.59. The third kappa shape index (κ3) is 11.5. The Hall–Kier alpha value is 0.420. The van der Waals surface area contributed by atoms with Gasteiger partial charge in [0.25, 0.3) is 0 Å². The van der Waals surface area contributed by atoms with Crippen molar-refractivity contribution in [3.8, 4) is 0 Å².